The summed E-state index contributed by atoms with van der Waals surface area (Å²) in [6.45, 7) is 7.46. The Morgan fingerprint density at radius 3 is 2.88 bits per heavy atom. The van der Waals surface area contributed by atoms with Gasteiger partial charge >= 0.3 is 0 Å². The van der Waals surface area contributed by atoms with Crippen LogP contribution in [-0.2, 0) is 13.1 Å². The quantitative estimate of drug-likeness (QED) is 0.440. The van der Waals surface area contributed by atoms with E-state index in [1.54, 1.807) is 18.3 Å². The average molecular weight is 342 g/mol. The molecule has 0 atom stereocenters. The Morgan fingerprint density at radius 1 is 1.28 bits per heavy atom. The number of hydrogen-bond acceptors (Lipinski definition) is 3. The fourth-order valence-electron chi connectivity index (χ4n) is 2.15. The molecule has 2 N–H and O–H groups in total. The van der Waals surface area contributed by atoms with E-state index in [0.29, 0.717) is 31.3 Å². The van der Waals surface area contributed by atoms with Gasteiger partial charge in [-0.2, -0.15) is 0 Å². The Kier molecular flexibility index (Phi) is 7.43. The number of aliphatic imine (C=N–C) groups is 1. The number of nitrogens with zero attached hydrogens (tertiary/aromatic N) is 2. The van der Waals surface area contributed by atoms with Crippen molar-refractivity contribution < 1.29 is 9.13 Å². The maximum Gasteiger partial charge on any atom is 0.191 e. The molecule has 0 bridgehead atoms. The Hall–Kier alpha value is -2.89. The fraction of sp³-hybridized carbons (Fsp3) is 0.263. The predicted molar refractivity (Wildman–Crippen MR) is 98.0 cm³/mol. The topological polar surface area (TPSA) is 58.5 Å². The first kappa shape index (κ1) is 18.4. The lowest BCUT2D eigenvalue weighted by molar-refractivity contribution is 0.359. The van der Waals surface area contributed by atoms with Gasteiger partial charge in [-0.3, -0.25) is 4.98 Å². The maximum atomic E-state index is 13.7. The fourth-order valence-corrected chi connectivity index (χ4v) is 2.15. The summed E-state index contributed by atoms with van der Waals surface area (Å²) < 4.78 is 19.3. The molecule has 2 rings (SSSR count). The maximum absolute atomic E-state index is 13.7. The first-order valence-corrected chi connectivity index (χ1v) is 8.17. The normalized spacial score (nSPS) is 11.0. The molecule has 0 aliphatic heterocycles. The number of halogens is 1. The Morgan fingerprint density at radius 2 is 2.12 bits per heavy atom. The first-order valence-electron chi connectivity index (χ1n) is 8.17. The van der Waals surface area contributed by atoms with Gasteiger partial charge < -0.3 is 15.4 Å². The van der Waals surface area contributed by atoms with Gasteiger partial charge in [-0.1, -0.05) is 30.9 Å². The van der Waals surface area contributed by atoms with Crippen molar-refractivity contribution in [2.45, 2.75) is 20.0 Å². The second-order valence-electron chi connectivity index (χ2n) is 5.19. The molecular formula is C19H23FN4O. The third-order valence-electron chi connectivity index (χ3n) is 3.34. The summed E-state index contributed by atoms with van der Waals surface area (Å²) in [5, 5.41) is 6.23. The number of pyridine rings is 1. The van der Waals surface area contributed by atoms with Gasteiger partial charge in [-0.05, 0) is 25.1 Å². The number of rotatable bonds is 8. The van der Waals surface area contributed by atoms with E-state index in [9.17, 15) is 4.39 Å². The molecule has 0 aliphatic rings. The van der Waals surface area contributed by atoms with Crippen LogP contribution in [0.1, 0.15) is 18.2 Å². The van der Waals surface area contributed by atoms with E-state index in [0.717, 1.165) is 11.3 Å². The summed E-state index contributed by atoms with van der Waals surface area (Å²) in [7, 11) is 0. The molecule has 0 spiro atoms. The van der Waals surface area contributed by atoms with E-state index >= 15 is 0 Å². The highest BCUT2D eigenvalue weighted by atomic mass is 19.1. The van der Waals surface area contributed by atoms with Crippen LogP contribution in [-0.4, -0.2) is 24.1 Å². The van der Waals surface area contributed by atoms with Crippen molar-refractivity contribution in [2.24, 2.45) is 4.99 Å². The molecule has 0 amide bonds. The van der Waals surface area contributed by atoms with Crippen LogP contribution < -0.4 is 15.4 Å². The lowest BCUT2D eigenvalue weighted by Gasteiger charge is -2.12. The molecule has 132 valence electrons. The third kappa shape index (κ3) is 5.91. The van der Waals surface area contributed by atoms with Crippen LogP contribution in [0.3, 0.4) is 0 Å². The van der Waals surface area contributed by atoms with Gasteiger partial charge in [0.1, 0.15) is 18.2 Å². The lowest BCUT2D eigenvalue weighted by Crippen LogP contribution is -2.37. The molecule has 0 saturated carbocycles. The minimum Gasteiger partial charge on any atom is -0.489 e. The van der Waals surface area contributed by atoms with Crippen LogP contribution in [0.2, 0.25) is 0 Å². The van der Waals surface area contributed by atoms with Crippen molar-refractivity contribution in [3.05, 3.63) is 72.3 Å². The van der Waals surface area contributed by atoms with Gasteiger partial charge in [-0.25, -0.2) is 9.38 Å². The van der Waals surface area contributed by atoms with E-state index in [4.69, 9.17) is 4.74 Å². The van der Waals surface area contributed by atoms with Crippen molar-refractivity contribution in [1.82, 2.24) is 15.6 Å². The molecule has 1 aromatic carbocycles. The van der Waals surface area contributed by atoms with Gasteiger partial charge in [0.15, 0.2) is 5.96 Å². The Balaban J connectivity index is 2.04. The van der Waals surface area contributed by atoms with E-state index in [1.165, 1.54) is 6.07 Å². The monoisotopic (exact) mass is 342 g/mol. The van der Waals surface area contributed by atoms with Gasteiger partial charge in [0.05, 0.1) is 18.8 Å². The third-order valence-corrected chi connectivity index (χ3v) is 3.34. The van der Waals surface area contributed by atoms with Gasteiger partial charge in [0.25, 0.3) is 0 Å². The van der Waals surface area contributed by atoms with Gasteiger partial charge in [0, 0.05) is 18.3 Å². The predicted octanol–water partition coefficient (Wildman–Crippen LogP) is 3.04. The molecule has 0 saturated heterocycles. The zero-order chi connectivity index (χ0) is 17.9. The number of guanidine groups is 1. The van der Waals surface area contributed by atoms with Crippen molar-refractivity contribution in [2.75, 3.05) is 13.2 Å². The second kappa shape index (κ2) is 10.1. The van der Waals surface area contributed by atoms with Crippen LogP contribution in [0.5, 0.6) is 5.75 Å². The lowest BCUT2D eigenvalue weighted by atomic mass is 10.2. The molecule has 25 heavy (non-hydrogen) atoms. The molecule has 0 unspecified atom stereocenters. The molecular weight excluding hydrogens is 319 g/mol. The Labute approximate surface area is 147 Å². The van der Waals surface area contributed by atoms with Gasteiger partial charge in [0.2, 0.25) is 0 Å². The molecule has 6 heteroatoms. The number of hydrogen-bond donors (Lipinski definition) is 2. The highest BCUT2D eigenvalue weighted by molar-refractivity contribution is 5.79. The summed E-state index contributed by atoms with van der Waals surface area (Å²) in [6, 6.07) is 10.7. The van der Waals surface area contributed by atoms with E-state index in [-0.39, 0.29) is 12.4 Å². The Bertz CT molecular complexity index is 718. The number of benzene rings is 1. The largest absolute Gasteiger partial charge is 0.489 e. The van der Waals surface area contributed by atoms with Crippen LogP contribution >= 0.6 is 0 Å². The number of nitrogens with one attached hydrogen (secondary N) is 2. The summed E-state index contributed by atoms with van der Waals surface area (Å²) >= 11 is 0. The minimum absolute atomic E-state index is 0.257. The van der Waals surface area contributed by atoms with Crippen LogP contribution in [0.15, 0.2) is 60.2 Å². The van der Waals surface area contributed by atoms with Crippen LogP contribution in [0.25, 0.3) is 0 Å². The molecule has 1 heterocycles. The summed E-state index contributed by atoms with van der Waals surface area (Å²) in [6.07, 6.45) is 3.27. The van der Waals surface area contributed by atoms with Gasteiger partial charge in [-0.15, -0.1) is 0 Å². The van der Waals surface area contributed by atoms with E-state index < -0.39 is 0 Å². The summed E-state index contributed by atoms with van der Waals surface area (Å²) in [4.78, 5) is 8.56. The molecule has 5 nitrogen and oxygen atoms in total. The molecule has 0 radical (unpaired) electrons. The number of aromatic nitrogens is 1. The zero-order valence-corrected chi connectivity index (χ0v) is 14.3. The highest BCUT2D eigenvalue weighted by Gasteiger charge is 2.05. The SMILES string of the molecule is C=CCOc1ccccc1CN=C(NCC)NCc1ncccc1F. The standard InChI is InChI=1S/C19H23FN4O/c1-3-12-25-18-10-6-5-8-15(18)13-23-19(21-4-2)24-14-17-16(20)9-7-11-22-17/h3,5-11H,1,4,12-14H2,2H3,(H2,21,23,24). The molecule has 1 aromatic heterocycles. The van der Waals surface area contributed by atoms with E-state index in [1.807, 2.05) is 31.2 Å². The molecule has 2 aromatic rings. The smallest absolute Gasteiger partial charge is 0.191 e. The minimum atomic E-state index is -0.339. The molecule has 0 fully saturated rings. The highest BCUT2D eigenvalue weighted by Crippen LogP contribution is 2.18. The van der Waals surface area contributed by atoms with Crippen molar-refractivity contribution in [3.63, 3.8) is 0 Å². The second-order valence-corrected chi connectivity index (χ2v) is 5.19. The van der Waals surface area contributed by atoms with E-state index in [2.05, 4.69) is 27.2 Å². The number of ether oxygens (including phenoxy) is 1. The summed E-state index contributed by atoms with van der Waals surface area (Å²) in [5.41, 5.74) is 1.31. The van der Waals surface area contributed by atoms with Crippen LogP contribution in [0, 0.1) is 5.82 Å². The number of para-hydroxylation sites is 1. The summed E-state index contributed by atoms with van der Waals surface area (Å²) in [5.74, 6) is 1.03. The van der Waals surface area contributed by atoms with Crippen molar-refractivity contribution >= 4 is 5.96 Å². The van der Waals surface area contributed by atoms with Crippen LogP contribution in [0.4, 0.5) is 4.39 Å². The van der Waals surface area contributed by atoms with Crippen molar-refractivity contribution in [1.29, 1.82) is 0 Å². The zero-order valence-electron chi connectivity index (χ0n) is 14.3. The average Bonchev–Trinajstić information content (AvgIpc) is 2.64. The van der Waals surface area contributed by atoms with Crippen molar-refractivity contribution in [3.8, 4) is 5.75 Å². The molecule has 0 aliphatic carbocycles. The first-order chi connectivity index (χ1) is 12.2.